The van der Waals surface area contributed by atoms with Crippen LogP contribution >= 0.6 is 0 Å². The summed E-state index contributed by atoms with van der Waals surface area (Å²) in [7, 11) is 1.97. The molecule has 3 rings (SSSR count). The molecule has 4 nitrogen and oxygen atoms in total. The summed E-state index contributed by atoms with van der Waals surface area (Å²) in [5, 5.41) is 0. The summed E-state index contributed by atoms with van der Waals surface area (Å²) < 4.78 is 0. The van der Waals surface area contributed by atoms with Gasteiger partial charge in [-0.25, -0.2) is 4.98 Å². The minimum Gasteiger partial charge on any atom is -0.374 e. The van der Waals surface area contributed by atoms with Gasteiger partial charge in [0.15, 0.2) is 0 Å². The van der Waals surface area contributed by atoms with Crippen LogP contribution in [-0.2, 0) is 20.1 Å². The van der Waals surface area contributed by atoms with Gasteiger partial charge in [0.05, 0.1) is 6.20 Å². The summed E-state index contributed by atoms with van der Waals surface area (Å²) in [4.78, 5) is 12.3. The first-order chi connectivity index (χ1) is 8.43. The average Bonchev–Trinajstić information content (AvgIpc) is 2.90. The number of benzene rings is 1. The second-order valence-corrected chi connectivity index (χ2v) is 3.63. The third-order valence-electron chi connectivity index (χ3n) is 2.51. The van der Waals surface area contributed by atoms with Gasteiger partial charge in [-0.3, -0.25) is 4.98 Å². The molecule has 0 spiro atoms. The van der Waals surface area contributed by atoms with Gasteiger partial charge in [-0.15, -0.1) is 0 Å². The van der Waals surface area contributed by atoms with E-state index in [2.05, 4.69) is 22.1 Å². The molecular formula is C12H10BIrN4. The number of hydrogen-bond donors (Lipinski definition) is 0. The van der Waals surface area contributed by atoms with E-state index in [0.717, 1.165) is 11.5 Å². The maximum Gasteiger partial charge on any atom is 0.401 e. The molecule has 0 N–H and O–H groups in total. The van der Waals surface area contributed by atoms with Crippen molar-refractivity contribution in [2.24, 2.45) is 0 Å². The molecule has 0 bridgehead atoms. The second kappa shape index (κ2) is 5.80. The Kier molecular flexibility index (Phi) is 4.13. The molecule has 2 aromatic rings. The zero-order valence-corrected chi connectivity index (χ0v) is 11.9. The van der Waals surface area contributed by atoms with E-state index >= 15 is 0 Å². The second-order valence-electron chi connectivity index (χ2n) is 3.63. The van der Waals surface area contributed by atoms with Crippen molar-refractivity contribution >= 4 is 19.1 Å². The van der Waals surface area contributed by atoms with Crippen LogP contribution in [0.15, 0.2) is 61.3 Å². The largest absolute Gasteiger partial charge is 0.401 e. The van der Waals surface area contributed by atoms with E-state index in [9.17, 15) is 0 Å². The van der Waals surface area contributed by atoms with Gasteiger partial charge in [0.2, 0.25) is 0 Å². The molecule has 0 atom stereocenters. The summed E-state index contributed by atoms with van der Waals surface area (Å²) in [5.74, 6) is 0.808. The quantitative estimate of drug-likeness (QED) is 0.704. The fourth-order valence-electron chi connectivity index (χ4n) is 1.67. The first kappa shape index (κ1) is 12.8. The Morgan fingerprint density at radius 2 is 1.72 bits per heavy atom. The number of para-hydroxylation sites is 1. The first-order valence-corrected chi connectivity index (χ1v) is 5.34. The van der Waals surface area contributed by atoms with Gasteiger partial charge in [0.25, 0.3) is 0 Å². The molecule has 18 heavy (non-hydrogen) atoms. The van der Waals surface area contributed by atoms with Crippen LogP contribution < -0.4 is 9.62 Å². The van der Waals surface area contributed by atoms with Crippen molar-refractivity contribution in [2.75, 3.05) is 9.62 Å². The number of aromatic nitrogens is 2. The number of rotatable bonds is 2. The van der Waals surface area contributed by atoms with Crippen molar-refractivity contribution in [1.82, 2.24) is 9.97 Å². The maximum atomic E-state index is 4.24. The van der Waals surface area contributed by atoms with Gasteiger partial charge in [-0.2, -0.15) is 0 Å². The van der Waals surface area contributed by atoms with Crippen molar-refractivity contribution in [2.45, 2.75) is 0 Å². The maximum absolute atomic E-state index is 4.24. The Labute approximate surface area is 120 Å². The first-order valence-electron chi connectivity index (χ1n) is 5.34. The van der Waals surface area contributed by atoms with Gasteiger partial charge in [-0.1, -0.05) is 18.2 Å². The van der Waals surface area contributed by atoms with Crippen molar-refractivity contribution < 1.29 is 20.1 Å². The molecule has 0 aliphatic carbocycles. The van der Waals surface area contributed by atoms with Crippen LogP contribution in [0.25, 0.3) is 0 Å². The molecule has 2 radical (unpaired) electrons. The zero-order valence-electron chi connectivity index (χ0n) is 9.47. The van der Waals surface area contributed by atoms with Gasteiger partial charge >= 0.3 is 7.55 Å². The van der Waals surface area contributed by atoms with Crippen LogP contribution in [0, 0.1) is 0 Å². The van der Waals surface area contributed by atoms with E-state index in [1.165, 1.54) is 0 Å². The van der Waals surface area contributed by atoms with Gasteiger partial charge in [-0.05, 0) is 12.1 Å². The fraction of sp³-hybridized carbons (Fsp3) is 0. The van der Waals surface area contributed by atoms with E-state index in [0.29, 0.717) is 0 Å². The van der Waals surface area contributed by atoms with Crippen LogP contribution in [-0.4, -0.2) is 17.5 Å². The summed E-state index contributed by atoms with van der Waals surface area (Å²) in [6.07, 6.45) is 9.02. The molecule has 2 heterocycles. The van der Waals surface area contributed by atoms with Gasteiger partial charge in [0, 0.05) is 50.6 Å². The van der Waals surface area contributed by atoms with Crippen LogP contribution in [0.1, 0.15) is 0 Å². The Bertz CT molecular complexity index is 473. The number of hydrogen-bond acceptors (Lipinski definition) is 4. The summed E-state index contributed by atoms with van der Waals surface area (Å²) in [6, 6.07) is 10.1. The van der Waals surface area contributed by atoms with E-state index in [1.54, 1.807) is 18.6 Å². The Morgan fingerprint density at radius 1 is 0.944 bits per heavy atom. The van der Waals surface area contributed by atoms with Crippen molar-refractivity contribution in [1.29, 1.82) is 0 Å². The monoisotopic (exact) mass is 414 g/mol. The molecular weight excluding hydrogens is 403 g/mol. The molecule has 0 amide bonds. The summed E-state index contributed by atoms with van der Waals surface area (Å²) in [5.41, 5.74) is 1.12. The van der Waals surface area contributed by atoms with Gasteiger partial charge in [0.1, 0.15) is 5.82 Å². The molecule has 1 aromatic carbocycles. The third kappa shape index (κ3) is 2.60. The normalized spacial score (nSPS) is 13.1. The Morgan fingerprint density at radius 3 is 2.44 bits per heavy atom. The number of anilines is 2. The molecule has 6 heteroatoms. The molecule has 1 aliphatic heterocycles. The van der Waals surface area contributed by atoms with Crippen LogP contribution in [0.5, 0.6) is 0 Å². The van der Waals surface area contributed by atoms with Gasteiger partial charge < -0.3 is 9.62 Å². The fourth-order valence-corrected chi connectivity index (χ4v) is 1.67. The Balaban J connectivity index is 0.00000120. The molecule has 0 unspecified atom stereocenters. The van der Waals surface area contributed by atoms with E-state index in [1.807, 2.05) is 47.8 Å². The third-order valence-corrected chi connectivity index (χ3v) is 2.51. The molecule has 90 valence electrons. The van der Waals surface area contributed by atoms with Crippen molar-refractivity contribution in [3.63, 3.8) is 0 Å². The van der Waals surface area contributed by atoms with Crippen LogP contribution in [0.3, 0.4) is 0 Å². The Hall–Kier alpha value is -1.65. The molecule has 1 aromatic heterocycles. The topological polar surface area (TPSA) is 32.3 Å². The summed E-state index contributed by atoms with van der Waals surface area (Å²) in [6.45, 7) is 0. The SMILES string of the molecule is [B]1N(c2ccccc2)C=CN1c1cnccn1.[Ir]. The van der Waals surface area contributed by atoms with E-state index < -0.39 is 0 Å². The standard InChI is InChI=1S/C12H10BN4.Ir/c1-2-4-11(5-3-1)16-8-9-17(13-16)12-10-14-6-7-15-12;/h1-10H;. The van der Waals surface area contributed by atoms with Crippen LogP contribution in [0.4, 0.5) is 11.5 Å². The number of nitrogens with zero attached hydrogens (tertiary/aromatic N) is 4. The summed E-state index contributed by atoms with van der Waals surface area (Å²) >= 11 is 0. The van der Waals surface area contributed by atoms with E-state index in [4.69, 9.17) is 0 Å². The van der Waals surface area contributed by atoms with Crippen molar-refractivity contribution in [3.8, 4) is 0 Å². The zero-order chi connectivity index (χ0) is 11.5. The predicted molar refractivity (Wildman–Crippen MR) is 68.3 cm³/mol. The molecule has 0 saturated heterocycles. The average molecular weight is 413 g/mol. The van der Waals surface area contributed by atoms with Crippen LogP contribution in [0.2, 0.25) is 0 Å². The molecule has 0 saturated carbocycles. The minimum atomic E-state index is 0. The van der Waals surface area contributed by atoms with E-state index in [-0.39, 0.29) is 20.1 Å². The smallest absolute Gasteiger partial charge is 0.374 e. The van der Waals surface area contributed by atoms with Crippen molar-refractivity contribution in [3.05, 3.63) is 61.3 Å². The minimum absolute atomic E-state index is 0. The molecule has 1 aliphatic rings. The molecule has 0 fully saturated rings. The predicted octanol–water partition coefficient (Wildman–Crippen LogP) is 1.81.